The number of nitriles is 1. The number of nitrogens with zero attached hydrogens (tertiary/aromatic N) is 2. The lowest BCUT2D eigenvalue weighted by atomic mass is 10.1. The number of carbonyl (C=O) groups excluding carboxylic acids is 1. The maximum Gasteiger partial charge on any atom is 0.207 e. The van der Waals surface area contributed by atoms with Crippen molar-refractivity contribution in [3.05, 3.63) is 83.0 Å². The molecule has 0 unspecified atom stereocenters. The average molecular weight is 356 g/mol. The van der Waals surface area contributed by atoms with Gasteiger partial charge in [-0.25, -0.2) is 4.39 Å². The molecule has 0 atom stereocenters. The monoisotopic (exact) mass is 356 g/mol. The van der Waals surface area contributed by atoms with Gasteiger partial charge in [0.1, 0.15) is 10.2 Å². The van der Waals surface area contributed by atoms with Crippen LogP contribution in [0.2, 0.25) is 0 Å². The van der Waals surface area contributed by atoms with E-state index < -0.39 is 0 Å². The standard InChI is InChI=1S/C18H13FN2OS2/c19-16-8-6-15(7-9-16)17(22)10-11-23-18(21-13-20)24-12-14-4-2-1-3-5-14/h1-11H,12H2/b11-10+,21-18?. The van der Waals surface area contributed by atoms with Crippen molar-refractivity contribution in [3.8, 4) is 6.19 Å². The van der Waals surface area contributed by atoms with Crippen molar-refractivity contribution in [1.82, 2.24) is 0 Å². The van der Waals surface area contributed by atoms with E-state index in [4.69, 9.17) is 5.26 Å². The summed E-state index contributed by atoms with van der Waals surface area (Å²) < 4.78 is 13.4. The van der Waals surface area contributed by atoms with Gasteiger partial charge in [-0.2, -0.15) is 10.3 Å². The highest BCUT2D eigenvalue weighted by Gasteiger charge is 2.04. The van der Waals surface area contributed by atoms with Crippen LogP contribution in [0.15, 0.2) is 71.1 Å². The van der Waals surface area contributed by atoms with E-state index in [0.717, 1.165) is 5.56 Å². The number of hydrogen-bond acceptors (Lipinski definition) is 5. The van der Waals surface area contributed by atoms with Crippen LogP contribution in [0.5, 0.6) is 0 Å². The second-order valence-corrected chi connectivity index (χ2v) is 6.66. The van der Waals surface area contributed by atoms with Gasteiger partial charge in [0.25, 0.3) is 0 Å². The number of ketones is 1. The molecule has 0 N–H and O–H groups in total. The molecule has 0 aliphatic carbocycles. The molecule has 0 saturated carbocycles. The van der Waals surface area contributed by atoms with Crippen molar-refractivity contribution in [2.45, 2.75) is 5.75 Å². The fourth-order valence-corrected chi connectivity index (χ4v) is 3.32. The summed E-state index contributed by atoms with van der Waals surface area (Å²) in [6.45, 7) is 0. The number of thioether (sulfide) groups is 2. The first-order valence-corrected chi connectivity index (χ1v) is 8.82. The van der Waals surface area contributed by atoms with Crippen LogP contribution in [0.1, 0.15) is 15.9 Å². The maximum absolute atomic E-state index is 12.8. The van der Waals surface area contributed by atoms with E-state index >= 15 is 0 Å². The van der Waals surface area contributed by atoms with Gasteiger partial charge in [-0.3, -0.25) is 4.79 Å². The van der Waals surface area contributed by atoms with Gasteiger partial charge in [-0.1, -0.05) is 53.9 Å². The van der Waals surface area contributed by atoms with Gasteiger partial charge in [0, 0.05) is 11.3 Å². The van der Waals surface area contributed by atoms with Crippen molar-refractivity contribution in [3.63, 3.8) is 0 Å². The molecule has 3 nitrogen and oxygen atoms in total. The average Bonchev–Trinajstić information content (AvgIpc) is 2.61. The predicted molar refractivity (Wildman–Crippen MR) is 98.2 cm³/mol. The van der Waals surface area contributed by atoms with Crippen LogP contribution in [0.4, 0.5) is 4.39 Å². The SMILES string of the molecule is N#CN=C(S/C=C/C(=O)c1ccc(F)cc1)SCc1ccccc1. The highest BCUT2D eigenvalue weighted by atomic mass is 32.2. The summed E-state index contributed by atoms with van der Waals surface area (Å²) in [5.74, 6) is 0.0752. The van der Waals surface area contributed by atoms with Gasteiger partial charge in [-0.05, 0) is 41.3 Å². The molecule has 0 aliphatic rings. The molecule has 2 aromatic rings. The fourth-order valence-electron chi connectivity index (χ4n) is 1.72. The molecule has 0 spiro atoms. The van der Waals surface area contributed by atoms with Gasteiger partial charge in [0.15, 0.2) is 5.78 Å². The van der Waals surface area contributed by atoms with Gasteiger partial charge in [0.2, 0.25) is 6.19 Å². The molecule has 120 valence electrons. The molecule has 2 rings (SSSR count). The summed E-state index contributed by atoms with van der Waals surface area (Å²) in [7, 11) is 0. The molecule has 0 heterocycles. The Morgan fingerprint density at radius 3 is 2.54 bits per heavy atom. The van der Waals surface area contributed by atoms with Gasteiger partial charge in [0.05, 0.1) is 0 Å². The van der Waals surface area contributed by atoms with E-state index in [0.29, 0.717) is 15.7 Å². The largest absolute Gasteiger partial charge is 0.289 e. The summed E-state index contributed by atoms with van der Waals surface area (Å²) in [4.78, 5) is 15.7. The van der Waals surface area contributed by atoms with Crippen molar-refractivity contribution >= 4 is 33.7 Å². The van der Waals surface area contributed by atoms with Crippen LogP contribution in [0.25, 0.3) is 0 Å². The van der Waals surface area contributed by atoms with Crippen LogP contribution >= 0.6 is 23.5 Å². The lowest BCUT2D eigenvalue weighted by Gasteiger charge is -2.01. The van der Waals surface area contributed by atoms with Crippen LogP contribution in [0, 0.1) is 17.3 Å². The second kappa shape index (κ2) is 9.71. The normalized spacial score (nSPS) is 11.4. The minimum absolute atomic E-state index is 0.230. The van der Waals surface area contributed by atoms with Crippen LogP contribution in [-0.4, -0.2) is 10.2 Å². The fraction of sp³-hybridized carbons (Fsp3) is 0.0556. The van der Waals surface area contributed by atoms with Crippen LogP contribution in [0.3, 0.4) is 0 Å². The molecular formula is C18H13FN2OS2. The van der Waals surface area contributed by atoms with E-state index in [-0.39, 0.29) is 11.6 Å². The van der Waals surface area contributed by atoms with Crippen molar-refractivity contribution in [1.29, 1.82) is 5.26 Å². The Labute approximate surface area is 148 Å². The third kappa shape index (κ3) is 6.03. The predicted octanol–water partition coefficient (Wildman–Crippen LogP) is 5.03. The molecule has 24 heavy (non-hydrogen) atoms. The number of carbonyl (C=O) groups is 1. The Morgan fingerprint density at radius 2 is 1.88 bits per heavy atom. The number of rotatable bonds is 5. The minimum Gasteiger partial charge on any atom is -0.289 e. The zero-order valence-corrected chi connectivity index (χ0v) is 14.2. The minimum atomic E-state index is -0.384. The number of allylic oxidation sites excluding steroid dienone is 1. The number of aliphatic imine (C=N–C) groups is 1. The topological polar surface area (TPSA) is 53.2 Å². The molecular weight excluding hydrogens is 343 g/mol. The number of halogens is 1. The molecule has 0 radical (unpaired) electrons. The van der Waals surface area contributed by atoms with Crippen molar-refractivity contribution in [2.24, 2.45) is 4.99 Å². The summed E-state index contributed by atoms with van der Waals surface area (Å²) in [6, 6.07) is 15.2. The first-order chi connectivity index (χ1) is 11.7. The molecule has 6 heteroatoms. The number of benzene rings is 2. The lowest BCUT2D eigenvalue weighted by molar-refractivity contribution is 0.104. The van der Waals surface area contributed by atoms with Gasteiger partial charge < -0.3 is 0 Å². The van der Waals surface area contributed by atoms with E-state index in [2.05, 4.69) is 4.99 Å². The highest BCUT2D eigenvalue weighted by molar-refractivity contribution is 8.39. The first-order valence-electron chi connectivity index (χ1n) is 6.95. The quantitative estimate of drug-likeness (QED) is 0.248. The molecule has 0 amide bonds. The molecule has 0 saturated heterocycles. The second-order valence-electron chi connectivity index (χ2n) is 4.54. The van der Waals surface area contributed by atoms with Gasteiger partial charge in [-0.15, -0.1) is 0 Å². The lowest BCUT2D eigenvalue weighted by Crippen LogP contribution is -1.94. The van der Waals surface area contributed by atoms with Crippen LogP contribution < -0.4 is 0 Å². The maximum atomic E-state index is 12.8. The van der Waals surface area contributed by atoms with Gasteiger partial charge >= 0.3 is 0 Å². The van der Waals surface area contributed by atoms with E-state index in [1.807, 2.05) is 30.3 Å². The van der Waals surface area contributed by atoms with Crippen molar-refractivity contribution in [2.75, 3.05) is 0 Å². The van der Waals surface area contributed by atoms with Crippen molar-refractivity contribution < 1.29 is 9.18 Å². The summed E-state index contributed by atoms with van der Waals surface area (Å²) >= 11 is 2.63. The zero-order valence-electron chi connectivity index (χ0n) is 12.6. The Bertz CT molecular complexity index is 781. The smallest absolute Gasteiger partial charge is 0.207 e. The van der Waals surface area contributed by atoms with E-state index in [1.165, 1.54) is 53.9 Å². The molecule has 2 aromatic carbocycles. The first kappa shape index (κ1) is 18.0. The molecule has 0 aliphatic heterocycles. The molecule has 0 fully saturated rings. The third-order valence-electron chi connectivity index (χ3n) is 2.86. The van der Waals surface area contributed by atoms with E-state index in [9.17, 15) is 9.18 Å². The van der Waals surface area contributed by atoms with E-state index in [1.54, 1.807) is 11.6 Å². The Kier molecular flexibility index (Phi) is 7.27. The summed E-state index contributed by atoms with van der Waals surface area (Å²) in [5, 5.41) is 10.3. The summed E-state index contributed by atoms with van der Waals surface area (Å²) in [5.41, 5.74) is 1.53. The zero-order chi connectivity index (χ0) is 17.2. The van der Waals surface area contributed by atoms with Crippen LogP contribution in [-0.2, 0) is 5.75 Å². The third-order valence-corrected chi connectivity index (χ3v) is 4.89. The highest BCUT2D eigenvalue weighted by Crippen LogP contribution is 2.22. The summed E-state index contributed by atoms with van der Waals surface area (Å²) in [6.07, 6.45) is 3.15. The Balaban J connectivity index is 1.91. The molecule has 0 aromatic heterocycles. The Hall–Kier alpha value is -2.36. The number of hydrogen-bond donors (Lipinski definition) is 0. The molecule has 0 bridgehead atoms. The Morgan fingerprint density at radius 1 is 1.17 bits per heavy atom.